The maximum Gasteiger partial charge on any atom is 0.408 e. The molecule has 1 aromatic carbocycles. The first-order valence-electron chi connectivity index (χ1n) is 14.0. The summed E-state index contributed by atoms with van der Waals surface area (Å²) in [6.45, 7) is 11.3. The number of benzene rings is 1. The van der Waals surface area contributed by atoms with Crippen LogP contribution in [0.15, 0.2) is 30.3 Å². The first-order chi connectivity index (χ1) is 19.1. The van der Waals surface area contributed by atoms with Crippen LogP contribution in [0.4, 0.5) is 9.59 Å². The Balaban J connectivity index is 1.91. The van der Waals surface area contributed by atoms with E-state index >= 15 is 0 Å². The molecule has 4 amide bonds. The summed E-state index contributed by atoms with van der Waals surface area (Å²) in [6.07, 6.45) is -1.25. The van der Waals surface area contributed by atoms with Crippen molar-refractivity contribution in [2.75, 3.05) is 24.7 Å². The number of carbonyl (C=O) groups is 4. The van der Waals surface area contributed by atoms with Crippen LogP contribution in [0.2, 0.25) is 0 Å². The summed E-state index contributed by atoms with van der Waals surface area (Å²) in [5.74, 6) is 0.654. The van der Waals surface area contributed by atoms with Crippen molar-refractivity contribution < 1.29 is 33.8 Å². The topological polar surface area (TPSA) is 146 Å². The zero-order valence-corrected chi connectivity index (χ0v) is 25.8. The second-order valence-corrected chi connectivity index (χ2v) is 13.1. The molecule has 0 aliphatic carbocycles. The summed E-state index contributed by atoms with van der Waals surface area (Å²) in [6, 6.07) is 7.57. The minimum atomic E-state index is -1.52. The number of nitrogens with one attached hydrogen (secondary N) is 3. The average Bonchev–Trinajstić information content (AvgIpc) is 3.40. The van der Waals surface area contributed by atoms with Crippen LogP contribution in [0.5, 0.6) is 0 Å². The van der Waals surface area contributed by atoms with E-state index in [2.05, 4.69) is 16.0 Å². The van der Waals surface area contributed by atoms with E-state index in [1.807, 2.05) is 30.3 Å². The lowest BCUT2D eigenvalue weighted by Gasteiger charge is -2.26. The molecule has 0 spiro atoms. The molecule has 2 rings (SSSR count). The van der Waals surface area contributed by atoms with Gasteiger partial charge < -0.3 is 35.4 Å². The molecule has 4 N–H and O–H groups in total. The molecular weight excluding hydrogens is 548 g/mol. The van der Waals surface area contributed by atoms with Gasteiger partial charge in [-0.15, -0.1) is 11.8 Å². The molecule has 0 aromatic heterocycles. The number of hydrogen-bond donors (Lipinski definition) is 4. The zero-order chi connectivity index (χ0) is 30.6. The summed E-state index contributed by atoms with van der Waals surface area (Å²) in [5, 5.41) is 18.9. The quantitative estimate of drug-likeness (QED) is 0.270. The molecule has 1 aliphatic heterocycles. The molecule has 1 aromatic rings. The second kappa shape index (κ2) is 15.9. The maximum atomic E-state index is 13.0. The standard InChI is InChI=1S/C29H46N4O7S/c1-28(2,3)39-26(37)31-21(25(36)33-16-17-41-19-33)14-10-11-15-30-24(35)23(34)22(18-20-12-8-7-9-13-20)32-27(38)40-29(4,5)6/h7-9,12-13,21-23,34H,10-11,14-19H2,1-6H3,(H,30,35)(H,31,37)(H,32,38). The van der Waals surface area contributed by atoms with E-state index in [0.29, 0.717) is 31.7 Å². The van der Waals surface area contributed by atoms with Crippen LogP contribution >= 0.6 is 11.8 Å². The van der Waals surface area contributed by atoms with Crippen LogP contribution in [0.25, 0.3) is 0 Å². The normalized spacial score (nSPS) is 15.8. The van der Waals surface area contributed by atoms with Gasteiger partial charge in [-0.2, -0.15) is 0 Å². The van der Waals surface area contributed by atoms with E-state index in [4.69, 9.17) is 9.47 Å². The fourth-order valence-electron chi connectivity index (χ4n) is 4.06. The molecule has 11 nitrogen and oxygen atoms in total. The van der Waals surface area contributed by atoms with E-state index in [0.717, 1.165) is 11.3 Å². The van der Waals surface area contributed by atoms with Crippen molar-refractivity contribution in [3.05, 3.63) is 35.9 Å². The van der Waals surface area contributed by atoms with Gasteiger partial charge in [0.15, 0.2) is 6.10 Å². The third-order valence-corrected chi connectivity index (χ3v) is 6.89. The smallest absolute Gasteiger partial charge is 0.408 e. The van der Waals surface area contributed by atoms with Crippen molar-refractivity contribution >= 4 is 35.8 Å². The molecule has 1 heterocycles. The number of alkyl carbamates (subject to hydrolysis) is 2. The van der Waals surface area contributed by atoms with Crippen LogP contribution in [0, 0.1) is 0 Å². The van der Waals surface area contributed by atoms with Crippen molar-refractivity contribution in [3.63, 3.8) is 0 Å². The van der Waals surface area contributed by atoms with Gasteiger partial charge in [0.1, 0.15) is 17.2 Å². The monoisotopic (exact) mass is 594 g/mol. The summed E-state index contributed by atoms with van der Waals surface area (Å²) in [7, 11) is 0. The SMILES string of the molecule is CC(C)(C)OC(=O)NC(CCCCNC(=O)C(O)C(Cc1ccccc1)NC(=O)OC(C)(C)C)C(=O)N1CCSC1. The van der Waals surface area contributed by atoms with Gasteiger partial charge in [-0.25, -0.2) is 9.59 Å². The van der Waals surface area contributed by atoms with Gasteiger partial charge in [-0.05, 0) is 72.8 Å². The number of aliphatic hydroxyl groups is 1. The zero-order valence-electron chi connectivity index (χ0n) is 25.0. The van der Waals surface area contributed by atoms with E-state index in [1.54, 1.807) is 58.2 Å². The molecule has 0 radical (unpaired) electrons. The van der Waals surface area contributed by atoms with Crippen LogP contribution < -0.4 is 16.0 Å². The molecule has 3 unspecified atom stereocenters. The molecule has 1 saturated heterocycles. The number of amides is 4. The molecule has 1 aliphatic rings. The highest BCUT2D eigenvalue weighted by Crippen LogP contribution is 2.17. The van der Waals surface area contributed by atoms with E-state index in [9.17, 15) is 24.3 Å². The third-order valence-electron chi connectivity index (χ3n) is 5.92. The molecule has 3 atom stereocenters. The highest BCUT2D eigenvalue weighted by atomic mass is 32.2. The molecule has 41 heavy (non-hydrogen) atoms. The number of hydrogen-bond acceptors (Lipinski definition) is 8. The lowest BCUT2D eigenvalue weighted by atomic mass is 10.0. The first-order valence-corrected chi connectivity index (χ1v) is 15.2. The van der Waals surface area contributed by atoms with Crippen molar-refractivity contribution in [2.45, 2.75) is 96.6 Å². The number of ether oxygens (including phenoxy) is 2. The van der Waals surface area contributed by atoms with Crippen LogP contribution in [-0.2, 0) is 25.5 Å². The van der Waals surface area contributed by atoms with Crippen molar-refractivity contribution in [3.8, 4) is 0 Å². The number of carbonyl (C=O) groups excluding carboxylic acids is 4. The summed E-state index contributed by atoms with van der Waals surface area (Å²) < 4.78 is 10.7. The Labute approximate surface area is 247 Å². The fourth-order valence-corrected chi connectivity index (χ4v) is 5.01. The van der Waals surface area contributed by atoms with Gasteiger partial charge in [0.25, 0.3) is 5.91 Å². The molecular formula is C29H46N4O7S. The van der Waals surface area contributed by atoms with Gasteiger partial charge in [-0.1, -0.05) is 30.3 Å². The number of nitrogens with zero attached hydrogens (tertiary/aromatic N) is 1. The first kappa shape index (κ1) is 34.2. The molecule has 12 heteroatoms. The Morgan fingerprint density at radius 1 is 0.951 bits per heavy atom. The Kier molecular flexibility index (Phi) is 13.2. The van der Waals surface area contributed by atoms with E-state index in [1.165, 1.54) is 0 Å². The predicted octanol–water partition coefficient (Wildman–Crippen LogP) is 3.20. The van der Waals surface area contributed by atoms with Crippen LogP contribution in [-0.4, -0.2) is 88.1 Å². The van der Waals surface area contributed by atoms with Crippen LogP contribution in [0.1, 0.15) is 66.4 Å². The van der Waals surface area contributed by atoms with Crippen LogP contribution in [0.3, 0.4) is 0 Å². The van der Waals surface area contributed by atoms with Gasteiger partial charge >= 0.3 is 12.2 Å². The third kappa shape index (κ3) is 13.5. The Morgan fingerprint density at radius 3 is 2.12 bits per heavy atom. The highest BCUT2D eigenvalue weighted by Gasteiger charge is 2.31. The van der Waals surface area contributed by atoms with Crippen molar-refractivity contribution in [2.24, 2.45) is 0 Å². The maximum absolute atomic E-state index is 13.0. The lowest BCUT2D eigenvalue weighted by molar-refractivity contribution is -0.132. The van der Waals surface area contributed by atoms with E-state index < -0.39 is 47.5 Å². The van der Waals surface area contributed by atoms with Crippen molar-refractivity contribution in [1.29, 1.82) is 0 Å². The molecule has 230 valence electrons. The number of rotatable bonds is 12. The fraction of sp³-hybridized carbons (Fsp3) is 0.655. The van der Waals surface area contributed by atoms with Gasteiger partial charge in [0.2, 0.25) is 5.91 Å². The number of unbranched alkanes of at least 4 members (excludes halogenated alkanes) is 1. The lowest BCUT2D eigenvalue weighted by Crippen LogP contribution is -2.52. The van der Waals surface area contributed by atoms with E-state index in [-0.39, 0.29) is 18.9 Å². The number of thioether (sulfide) groups is 1. The molecule has 1 fully saturated rings. The Bertz CT molecular complexity index is 1000. The van der Waals surface area contributed by atoms with Crippen molar-refractivity contribution in [1.82, 2.24) is 20.9 Å². The summed E-state index contributed by atoms with van der Waals surface area (Å²) in [4.78, 5) is 52.3. The number of aliphatic hydroxyl groups excluding tert-OH is 1. The largest absolute Gasteiger partial charge is 0.444 e. The molecule has 0 bridgehead atoms. The predicted molar refractivity (Wildman–Crippen MR) is 158 cm³/mol. The van der Waals surface area contributed by atoms with Gasteiger partial charge in [0, 0.05) is 18.8 Å². The minimum Gasteiger partial charge on any atom is -0.444 e. The minimum absolute atomic E-state index is 0.155. The Morgan fingerprint density at radius 2 is 1.56 bits per heavy atom. The van der Waals surface area contributed by atoms with Gasteiger partial charge in [0.05, 0.1) is 11.9 Å². The Hall–Kier alpha value is -2.99. The molecule has 0 saturated carbocycles. The average molecular weight is 595 g/mol. The highest BCUT2D eigenvalue weighted by molar-refractivity contribution is 7.99. The second-order valence-electron chi connectivity index (χ2n) is 12.0. The van der Waals surface area contributed by atoms with Gasteiger partial charge in [-0.3, -0.25) is 9.59 Å². The summed E-state index contributed by atoms with van der Waals surface area (Å²) in [5.41, 5.74) is -0.590. The summed E-state index contributed by atoms with van der Waals surface area (Å²) >= 11 is 1.66.